The zero-order chi connectivity index (χ0) is 16.4. The lowest BCUT2D eigenvalue weighted by Crippen LogP contribution is -2.32. The van der Waals surface area contributed by atoms with Gasteiger partial charge in [-0.25, -0.2) is 0 Å². The largest absolute Gasteiger partial charge is 0.480 e. The molecule has 0 radical (unpaired) electrons. The number of alkyl halides is 1. The number of carboxylic acid groups (broad SMARTS) is 1. The van der Waals surface area contributed by atoms with E-state index >= 15 is 0 Å². The second-order valence-electron chi connectivity index (χ2n) is 5.25. The van der Waals surface area contributed by atoms with E-state index in [2.05, 4.69) is 5.32 Å². The number of anilines is 1. The second kappa shape index (κ2) is 10.2. The highest BCUT2D eigenvalue weighted by molar-refractivity contribution is 6.17. The molecular weight excluding hydrogens is 304 g/mol. The van der Waals surface area contributed by atoms with Crippen molar-refractivity contribution in [2.24, 2.45) is 5.73 Å². The molecule has 1 rings (SSSR count). The molecule has 0 saturated heterocycles. The lowest BCUT2D eigenvalue weighted by Gasteiger charge is -2.09. The molecule has 22 heavy (non-hydrogen) atoms. The minimum Gasteiger partial charge on any atom is -0.480 e. The predicted octanol–water partition coefficient (Wildman–Crippen LogP) is 2.77. The van der Waals surface area contributed by atoms with Gasteiger partial charge in [-0.05, 0) is 37.0 Å². The third-order valence-corrected chi connectivity index (χ3v) is 3.54. The Morgan fingerprint density at radius 3 is 2.64 bits per heavy atom. The summed E-state index contributed by atoms with van der Waals surface area (Å²) in [6.45, 7) is 0. The fourth-order valence-electron chi connectivity index (χ4n) is 2.07. The highest BCUT2D eigenvalue weighted by Crippen LogP contribution is 2.13. The summed E-state index contributed by atoms with van der Waals surface area (Å²) in [4.78, 5) is 22.6. The Hall–Kier alpha value is -1.59. The first-order valence-electron chi connectivity index (χ1n) is 7.46. The standard InChI is InChI=1S/C16H23ClN2O3/c17-9-4-2-1-3-8-15(20)19-13-7-5-6-12(10-13)11-14(18)16(21)22/h5-7,10,14H,1-4,8-9,11,18H2,(H,19,20)(H,21,22). The number of carbonyl (C=O) groups excluding carboxylic acids is 1. The smallest absolute Gasteiger partial charge is 0.320 e. The minimum absolute atomic E-state index is 0.0365. The second-order valence-corrected chi connectivity index (χ2v) is 5.63. The average molecular weight is 327 g/mol. The Kier molecular flexibility index (Phi) is 8.55. The Balaban J connectivity index is 2.42. The molecule has 0 aliphatic heterocycles. The molecule has 0 fully saturated rings. The van der Waals surface area contributed by atoms with Crippen LogP contribution in [0.25, 0.3) is 0 Å². The van der Waals surface area contributed by atoms with Gasteiger partial charge in [0.15, 0.2) is 0 Å². The van der Waals surface area contributed by atoms with Crippen LogP contribution in [0, 0.1) is 0 Å². The normalized spacial score (nSPS) is 11.9. The average Bonchev–Trinajstić information content (AvgIpc) is 2.47. The van der Waals surface area contributed by atoms with E-state index in [0.717, 1.165) is 31.2 Å². The Labute approximate surface area is 135 Å². The van der Waals surface area contributed by atoms with Crippen LogP contribution in [-0.4, -0.2) is 28.9 Å². The zero-order valence-corrected chi connectivity index (χ0v) is 13.3. The van der Waals surface area contributed by atoms with Crippen molar-refractivity contribution in [1.82, 2.24) is 0 Å². The molecule has 0 aliphatic rings. The SMILES string of the molecule is NC(Cc1cccc(NC(=O)CCCCCCCl)c1)C(=O)O. The summed E-state index contributed by atoms with van der Waals surface area (Å²) in [6.07, 6.45) is 4.56. The molecular formula is C16H23ClN2O3. The van der Waals surface area contributed by atoms with Crippen molar-refractivity contribution in [3.05, 3.63) is 29.8 Å². The summed E-state index contributed by atoms with van der Waals surface area (Å²) in [5, 5.41) is 11.6. The summed E-state index contributed by atoms with van der Waals surface area (Å²) < 4.78 is 0. The third kappa shape index (κ3) is 7.43. The van der Waals surface area contributed by atoms with Gasteiger partial charge in [0.1, 0.15) is 6.04 Å². The first-order valence-corrected chi connectivity index (χ1v) is 7.99. The molecule has 6 heteroatoms. The van der Waals surface area contributed by atoms with Gasteiger partial charge in [0.2, 0.25) is 5.91 Å². The van der Waals surface area contributed by atoms with Gasteiger partial charge in [-0.1, -0.05) is 25.0 Å². The Bertz CT molecular complexity index is 494. The highest BCUT2D eigenvalue weighted by Gasteiger charge is 2.12. The van der Waals surface area contributed by atoms with Crippen LogP contribution >= 0.6 is 11.6 Å². The third-order valence-electron chi connectivity index (χ3n) is 3.27. The van der Waals surface area contributed by atoms with Gasteiger partial charge in [0.25, 0.3) is 0 Å². The van der Waals surface area contributed by atoms with Gasteiger partial charge >= 0.3 is 5.97 Å². The zero-order valence-electron chi connectivity index (χ0n) is 12.6. The van der Waals surface area contributed by atoms with Crippen LogP contribution in [0.3, 0.4) is 0 Å². The van der Waals surface area contributed by atoms with E-state index in [9.17, 15) is 9.59 Å². The molecule has 1 aromatic rings. The fourth-order valence-corrected chi connectivity index (χ4v) is 2.26. The Morgan fingerprint density at radius 2 is 1.95 bits per heavy atom. The number of amides is 1. The van der Waals surface area contributed by atoms with E-state index in [4.69, 9.17) is 22.4 Å². The predicted molar refractivity (Wildman–Crippen MR) is 88.2 cm³/mol. The van der Waals surface area contributed by atoms with Crippen LogP contribution in [-0.2, 0) is 16.0 Å². The van der Waals surface area contributed by atoms with E-state index in [1.165, 1.54) is 0 Å². The first kappa shape index (κ1) is 18.5. The van der Waals surface area contributed by atoms with Crippen molar-refractivity contribution in [1.29, 1.82) is 0 Å². The molecule has 1 amide bonds. The number of aliphatic carboxylic acids is 1. The maximum atomic E-state index is 11.8. The summed E-state index contributed by atoms with van der Waals surface area (Å²) in [5.41, 5.74) is 6.96. The molecule has 1 atom stereocenters. The lowest BCUT2D eigenvalue weighted by molar-refractivity contribution is -0.138. The summed E-state index contributed by atoms with van der Waals surface area (Å²) in [5.74, 6) is -0.408. The van der Waals surface area contributed by atoms with E-state index in [-0.39, 0.29) is 12.3 Å². The fraction of sp³-hybridized carbons (Fsp3) is 0.500. The number of halogens is 1. The molecule has 122 valence electrons. The highest BCUT2D eigenvalue weighted by atomic mass is 35.5. The monoisotopic (exact) mass is 326 g/mol. The van der Waals surface area contributed by atoms with Gasteiger partial charge < -0.3 is 16.2 Å². The molecule has 0 bridgehead atoms. The maximum Gasteiger partial charge on any atom is 0.320 e. The first-order chi connectivity index (χ1) is 10.5. The number of nitrogens with two attached hydrogens (primary N) is 1. The van der Waals surface area contributed by atoms with E-state index in [0.29, 0.717) is 18.0 Å². The number of benzene rings is 1. The molecule has 0 aromatic heterocycles. The van der Waals surface area contributed by atoms with Crippen molar-refractivity contribution < 1.29 is 14.7 Å². The van der Waals surface area contributed by atoms with Gasteiger partial charge in [-0.2, -0.15) is 0 Å². The molecule has 0 spiro atoms. The van der Waals surface area contributed by atoms with E-state index in [1.54, 1.807) is 24.3 Å². The van der Waals surface area contributed by atoms with Gasteiger partial charge in [0, 0.05) is 18.0 Å². The molecule has 0 saturated carbocycles. The molecule has 0 heterocycles. The van der Waals surface area contributed by atoms with Crippen molar-refractivity contribution in [2.45, 2.75) is 44.6 Å². The van der Waals surface area contributed by atoms with Crippen molar-refractivity contribution >= 4 is 29.2 Å². The number of carbonyl (C=O) groups is 2. The van der Waals surface area contributed by atoms with Gasteiger partial charge in [-0.15, -0.1) is 11.6 Å². The van der Waals surface area contributed by atoms with Crippen molar-refractivity contribution in [2.75, 3.05) is 11.2 Å². The number of hydrogen-bond acceptors (Lipinski definition) is 3. The van der Waals surface area contributed by atoms with Crippen LogP contribution in [0.5, 0.6) is 0 Å². The van der Waals surface area contributed by atoms with Crippen LogP contribution in [0.2, 0.25) is 0 Å². The van der Waals surface area contributed by atoms with Gasteiger partial charge in [-0.3, -0.25) is 9.59 Å². The summed E-state index contributed by atoms with van der Waals surface area (Å²) >= 11 is 5.60. The van der Waals surface area contributed by atoms with Crippen LogP contribution in [0.1, 0.15) is 37.7 Å². The van der Waals surface area contributed by atoms with Gasteiger partial charge in [0.05, 0.1) is 0 Å². The quantitative estimate of drug-likeness (QED) is 0.455. The number of unbranched alkanes of at least 4 members (excludes halogenated alkanes) is 3. The molecule has 0 aliphatic carbocycles. The van der Waals surface area contributed by atoms with Crippen molar-refractivity contribution in [3.8, 4) is 0 Å². The number of carboxylic acids is 1. The molecule has 1 aromatic carbocycles. The number of rotatable bonds is 10. The number of hydrogen-bond donors (Lipinski definition) is 3. The maximum absolute atomic E-state index is 11.8. The molecule has 5 nitrogen and oxygen atoms in total. The van der Waals surface area contributed by atoms with Crippen molar-refractivity contribution in [3.63, 3.8) is 0 Å². The van der Waals surface area contributed by atoms with Crippen LogP contribution in [0.4, 0.5) is 5.69 Å². The molecule has 1 unspecified atom stereocenters. The summed E-state index contributed by atoms with van der Waals surface area (Å²) in [7, 11) is 0. The summed E-state index contributed by atoms with van der Waals surface area (Å²) in [6, 6.07) is 6.17. The Morgan fingerprint density at radius 1 is 1.23 bits per heavy atom. The topological polar surface area (TPSA) is 92.4 Å². The number of nitrogens with one attached hydrogen (secondary N) is 1. The van der Waals surface area contributed by atoms with Crippen LogP contribution < -0.4 is 11.1 Å². The van der Waals surface area contributed by atoms with E-state index < -0.39 is 12.0 Å². The minimum atomic E-state index is -1.04. The van der Waals surface area contributed by atoms with Crippen LogP contribution in [0.15, 0.2) is 24.3 Å². The van der Waals surface area contributed by atoms with E-state index in [1.807, 2.05) is 0 Å². The molecule has 4 N–H and O–H groups in total. The lowest BCUT2D eigenvalue weighted by atomic mass is 10.1.